The lowest BCUT2D eigenvalue weighted by Gasteiger charge is -2.16. The van der Waals surface area contributed by atoms with Gasteiger partial charge in [-0.15, -0.1) is 0 Å². The van der Waals surface area contributed by atoms with E-state index in [0.717, 1.165) is 5.56 Å². The predicted molar refractivity (Wildman–Crippen MR) is 150 cm³/mol. The van der Waals surface area contributed by atoms with Gasteiger partial charge in [-0.1, -0.05) is 12.1 Å². The number of carbonyl (C=O) groups excluding carboxylic acids is 1. The zero-order valence-corrected chi connectivity index (χ0v) is 22.1. The van der Waals surface area contributed by atoms with E-state index in [-0.39, 0.29) is 23.6 Å². The summed E-state index contributed by atoms with van der Waals surface area (Å²) in [7, 11) is 0. The van der Waals surface area contributed by atoms with Crippen molar-refractivity contribution in [3.8, 4) is 34.1 Å². The van der Waals surface area contributed by atoms with Crippen LogP contribution in [0.2, 0.25) is 0 Å². The largest absolute Gasteiger partial charge is 0.480 e. The molecule has 5 aromatic rings. The average molecular weight is 572 g/mol. The highest BCUT2D eigenvalue weighted by atomic mass is 19.1. The summed E-state index contributed by atoms with van der Waals surface area (Å²) in [5, 5.41) is 32.9. The number of anilines is 1. The number of carboxylic acids is 1. The van der Waals surface area contributed by atoms with Crippen molar-refractivity contribution >= 4 is 17.6 Å². The first-order chi connectivity index (χ1) is 20.3. The lowest BCUT2D eigenvalue weighted by Crippen LogP contribution is -2.30. The number of ether oxygens (including phenoxy) is 1. The Kier molecular flexibility index (Phi) is 8.20. The minimum atomic E-state index is -1.18. The second-order valence-electron chi connectivity index (χ2n) is 9.26. The van der Waals surface area contributed by atoms with Crippen molar-refractivity contribution in [3.63, 3.8) is 0 Å². The molecule has 0 saturated heterocycles. The number of nitrogen functional groups attached to an aromatic ring is 1. The number of carboxylic acid groups (broad SMARTS) is 1. The minimum absolute atomic E-state index is 0.0835. The van der Waals surface area contributed by atoms with E-state index in [1.807, 2.05) is 6.07 Å². The van der Waals surface area contributed by atoms with E-state index in [1.165, 1.54) is 18.3 Å². The molecule has 5 rings (SSSR count). The number of benzene rings is 2. The number of nitrogens with two attached hydrogens (primary N) is 1. The molecule has 12 nitrogen and oxygen atoms in total. The fourth-order valence-electron chi connectivity index (χ4n) is 4.24. The number of nitrogens with one attached hydrogen (secondary N) is 2. The molecule has 0 aliphatic carbocycles. The molecular weight excluding hydrogens is 545 g/mol. The predicted octanol–water partition coefficient (Wildman–Crippen LogP) is 3.79. The molecule has 0 spiro atoms. The van der Waals surface area contributed by atoms with Gasteiger partial charge in [0.1, 0.15) is 12.3 Å². The van der Waals surface area contributed by atoms with Crippen molar-refractivity contribution in [3.05, 3.63) is 96.2 Å². The smallest absolute Gasteiger partial charge is 0.322 e. The molecule has 3 aromatic heterocycles. The number of para-hydroxylation sites is 1. The Balaban J connectivity index is 1.19. The van der Waals surface area contributed by atoms with E-state index in [4.69, 9.17) is 15.6 Å². The quantitative estimate of drug-likeness (QED) is 0.147. The van der Waals surface area contributed by atoms with Crippen LogP contribution in [0.25, 0.3) is 22.5 Å². The number of rotatable bonds is 11. The average Bonchev–Trinajstić information content (AvgIpc) is 3.69. The van der Waals surface area contributed by atoms with Crippen LogP contribution < -0.4 is 15.8 Å². The van der Waals surface area contributed by atoms with E-state index < -0.39 is 30.3 Å². The number of aromatic nitrogens is 5. The van der Waals surface area contributed by atoms with Gasteiger partial charge in [-0.2, -0.15) is 10.2 Å². The molecule has 214 valence electrons. The van der Waals surface area contributed by atoms with Gasteiger partial charge in [-0.3, -0.25) is 19.4 Å². The first-order valence-electron chi connectivity index (χ1n) is 12.8. The molecule has 0 aliphatic heterocycles. The van der Waals surface area contributed by atoms with E-state index in [9.17, 15) is 19.1 Å². The molecule has 6 N–H and O–H groups in total. The number of amides is 1. The molecular formula is C29H26FN7O5. The monoisotopic (exact) mass is 571 g/mol. The summed E-state index contributed by atoms with van der Waals surface area (Å²) in [6, 6.07) is 16.4. The summed E-state index contributed by atoms with van der Waals surface area (Å²) >= 11 is 0. The minimum Gasteiger partial charge on any atom is -0.480 e. The number of hydrogen-bond acceptors (Lipinski definition) is 8. The van der Waals surface area contributed by atoms with Crippen LogP contribution in [0, 0.1) is 5.82 Å². The number of halogens is 1. The summed E-state index contributed by atoms with van der Waals surface area (Å²) in [5.41, 5.74) is 9.32. The van der Waals surface area contributed by atoms with Gasteiger partial charge in [0, 0.05) is 41.8 Å². The molecule has 3 heterocycles. The number of aryl methyl sites for hydroxylation is 1. The highest BCUT2D eigenvalue weighted by molar-refractivity contribution is 6.00. The molecule has 0 saturated carbocycles. The second kappa shape index (κ2) is 12.3. The maximum atomic E-state index is 14.6. The Bertz CT molecular complexity index is 1700. The topological polar surface area (TPSA) is 181 Å². The Morgan fingerprint density at radius 2 is 1.93 bits per heavy atom. The highest BCUT2D eigenvalue weighted by Crippen LogP contribution is 2.29. The lowest BCUT2D eigenvalue weighted by atomic mass is 10.0. The molecule has 2 aromatic carbocycles. The van der Waals surface area contributed by atoms with Crippen LogP contribution in [-0.4, -0.2) is 53.6 Å². The Morgan fingerprint density at radius 3 is 2.64 bits per heavy atom. The number of aliphatic hydroxyl groups is 1. The first kappa shape index (κ1) is 28.0. The molecule has 1 atom stereocenters. The Hall–Kier alpha value is -5.56. The normalized spacial score (nSPS) is 11.7. The fraction of sp³-hybridized carbons (Fsp3) is 0.138. The van der Waals surface area contributed by atoms with Crippen LogP contribution in [0.15, 0.2) is 79.3 Å². The van der Waals surface area contributed by atoms with Crippen LogP contribution in [0.4, 0.5) is 10.1 Å². The number of aromatic amines is 1. The molecule has 0 radical (unpaired) electrons. The van der Waals surface area contributed by atoms with Crippen LogP contribution >= 0.6 is 0 Å². The van der Waals surface area contributed by atoms with Gasteiger partial charge >= 0.3 is 5.97 Å². The molecule has 0 fully saturated rings. The Labute approximate surface area is 238 Å². The molecule has 0 unspecified atom stereocenters. The lowest BCUT2D eigenvalue weighted by molar-refractivity contribution is -0.135. The zero-order chi connectivity index (χ0) is 29.6. The highest BCUT2D eigenvalue weighted by Gasteiger charge is 2.18. The van der Waals surface area contributed by atoms with Gasteiger partial charge in [-0.25, -0.2) is 9.37 Å². The van der Waals surface area contributed by atoms with E-state index in [0.29, 0.717) is 34.8 Å². The third kappa shape index (κ3) is 6.42. The number of carbonyl (C=O) groups is 2. The fourth-order valence-corrected chi connectivity index (χ4v) is 4.24. The summed E-state index contributed by atoms with van der Waals surface area (Å²) < 4.78 is 21.8. The van der Waals surface area contributed by atoms with Gasteiger partial charge in [0.15, 0.2) is 5.82 Å². The number of H-pyrrole nitrogens is 1. The van der Waals surface area contributed by atoms with Crippen molar-refractivity contribution in [1.29, 1.82) is 0 Å². The number of nitrogens with zero attached hydrogens (tertiary/aromatic N) is 4. The molecule has 0 bridgehead atoms. The van der Waals surface area contributed by atoms with Crippen molar-refractivity contribution in [2.75, 3.05) is 12.3 Å². The molecule has 0 aliphatic rings. The van der Waals surface area contributed by atoms with Gasteiger partial charge < -0.3 is 26.0 Å². The van der Waals surface area contributed by atoms with Crippen LogP contribution in [-0.2, 0) is 11.3 Å². The maximum absolute atomic E-state index is 14.6. The number of pyridine rings is 1. The standard InChI is InChI=1S/C29H26FN7O5/c30-22-14-18(23-8-11-34-35-23)15-33-29(22)42-19-6-4-17(5-7-19)24-9-12-37(36-24)13-10-25(38)20-2-1-3-21(27(20)31)28(41)32-16-26(39)40/h1-9,11-12,14-15,25,38H,10,13,16,31H2,(H,32,41)(H,34,35)(H,39,40)/t25-/m0/s1. The van der Waals surface area contributed by atoms with Gasteiger partial charge in [0.25, 0.3) is 11.8 Å². The molecule has 13 heteroatoms. The molecule has 42 heavy (non-hydrogen) atoms. The van der Waals surface area contributed by atoms with Crippen LogP contribution in [0.5, 0.6) is 11.6 Å². The van der Waals surface area contributed by atoms with E-state index >= 15 is 0 Å². The van der Waals surface area contributed by atoms with E-state index in [1.54, 1.807) is 59.5 Å². The second-order valence-corrected chi connectivity index (χ2v) is 9.26. The van der Waals surface area contributed by atoms with E-state index in [2.05, 4.69) is 25.6 Å². The first-order valence-corrected chi connectivity index (χ1v) is 12.8. The van der Waals surface area contributed by atoms with Crippen molar-refractivity contribution in [2.45, 2.75) is 19.1 Å². The maximum Gasteiger partial charge on any atom is 0.322 e. The number of aliphatic hydroxyl groups excluding tert-OH is 1. The third-order valence-electron chi connectivity index (χ3n) is 6.40. The zero-order valence-electron chi connectivity index (χ0n) is 22.1. The Morgan fingerprint density at radius 1 is 1.12 bits per heavy atom. The van der Waals surface area contributed by atoms with Crippen LogP contribution in [0.1, 0.15) is 28.4 Å². The van der Waals surface area contributed by atoms with Gasteiger partial charge in [-0.05, 0) is 55.0 Å². The third-order valence-corrected chi connectivity index (χ3v) is 6.40. The number of hydrogen-bond donors (Lipinski definition) is 5. The number of aliphatic carboxylic acids is 1. The summed E-state index contributed by atoms with van der Waals surface area (Å²) in [4.78, 5) is 27.1. The van der Waals surface area contributed by atoms with Crippen LogP contribution in [0.3, 0.4) is 0 Å². The SMILES string of the molecule is Nc1c(C(=O)NCC(=O)O)cccc1[C@@H](O)CCn1ccc(-c2ccc(Oc3ncc(-c4ccn[nH]4)cc3F)cc2)n1. The summed E-state index contributed by atoms with van der Waals surface area (Å²) in [6.45, 7) is -0.185. The van der Waals surface area contributed by atoms with Gasteiger partial charge in [0.05, 0.1) is 28.7 Å². The molecule has 1 amide bonds. The summed E-state index contributed by atoms with van der Waals surface area (Å²) in [6.07, 6.45) is 4.11. The summed E-state index contributed by atoms with van der Waals surface area (Å²) in [5.74, 6) is -2.18. The van der Waals surface area contributed by atoms with Crippen molar-refractivity contribution < 1.29 is 28.9 Å². The van der Waals surface area contributed by atoms with Crippen molar-refractivity contribution in [2.24, 2.45) is 0 Å². The van der Waals surface area contributed by atoms with Gasteiger partial charge in [0.2, 0.25) is 0 Å². The van der Waals surface area contributed by atoms with Crippen molar-refractivity contribution in [1.82, 2.24) is 30.3 Å².